The lowest BCUT2D eigenvalue weighted by Gasteiger charge is -2.38. The highest BCUT2D eigenvalue weighted by Crippen LogP contribution is 2.47. The van der Waals surface area contributed by atoms with E-state index < -0.39 is 0 Å². The maximum atomic E-state index is 12.8. The summed E-state index contributed by atoms with van der Waals surface area (Å²) in [4.78, 5) is 14.9. The van der Waals surface area contributed by atoms with Crippen LogP contribution >= 0.6 is 0 Å². The Morgan fingerprint density at radius 2 is 1.79 bits per heavy atom. The van der Waals surface area contributed by atoms with Crippen molar-refractivity contribution >= 4 is 11.7 Å². The molecule has 4 nitrogen and oxygen atoms in total. The van der Waals surface area contributed by atoms with Gasteiger partial charge in [0.2, 0.25) is 0 Å². The number of rotatable bonds is 3. The molecule has 1 N–H and O–H groups in total. The van der Waals surface area contributed by atoms with E-state index >= 15 is 0 Å². The van der Waals surface area contributed by atoms with E-state index in [1.807, 2.05) is 24.3 Å². The number of anilines is 1. The normalized spacial score (nSPS) is 30.5. The number of urea groups is 1. The lowest BCUT2D eigenvalue weighted by atomic mass is 9.68. The summed E-state index contributed by atoms with van der Waals surface area (Å²) in [5.41, 5.74) is 0.803. The molecular formula is C20H24N2O2. The van der Waals surface area contributed by atoms with Gasteiger partial charge in [0.25, 0.3) is 0 Å². The molecule has 24 heavy (non-hydrogen) atoms. The average Bonchev–Trinajstić information content (AvgIpc) is 2.78. The van der Waals surface area contributed by atoms with Gasteiger partial charge >= 0.3 is 6.03 Å². The molecule has 4 heteroatoms. The van der Waals surface area contributed by atoms with Crippen molar-refractivity contribution in [2.45, 2.75) is 38.1 Å². The van der Waals surface area contributed by atoms with Gasteiger partial charge in [-0.3, -0.25) is 0 Å². The quantitative estimate of drug-likeness (QED) is 0.861. The van der Waals surface area contributed by atoms with Gasteiger partial charge in [-0.05, 0) is 74.1 Å². The number of fused-ring (bicyclic) bond motifs is 1. The lowest BCUT2D eigenvalue weighted by molar-refractivity contribution is 0.136. The van der Waals surface area contributed by atoms with Gasteiger partial charge in [-0.15, -0.1) is 6.42 Å². The van der Waals surface area contributed by atoms with Crippen LogP contribution in [0.3, 0.4) is 0 Å². The van der Waals surface area contributed by atoms with Gasteiger partial charge in [-0.1, -0.05) is 5.92 Å². The Morgan fingerprint density at radius 3 is 2.46 bits per heavy atom. The van der Waals surface area contributed by atoms with Gasteiger partial charge in [0.15, 0.2) is 0 Å². The van der Waals surface area contributed by atoms with Crippen LogP contribution in [-0.4, -0.2) is 30.1 Å². The fourth-order valence-electron chi connectivity index (χ4n) is 4.99. The van der Waals surface area contributed by atoms with E-state index in [-0.39, 0.29) is 12.6 Å². The summed E-state index contributed by atoms with van der Waals surface area (Å²) < 4.78 is 5.36. The molecule has 2 heterocycles. The van der Waals surface area contributed by atoms with Gasteiger partial charge < -0.3 is 15.0 Å². The number of amides is 2. The standard InChI is InChI=1S/C20H24N2O2/c1-2-7-24-19-5-3-17(4-6-19)21-20(23)22-13-16-9-14-8-15(10-16)12-18(22)11-14/h1,3-6,14-16,18H,7-13H2,(H,21,23). The number of terminal acetylenes is 1. The highest BCUT2D eigenvalue weighted by atomic mass is 16.5. The zero-order chi connectivity index (χ0) is 16.5. The molecule has 126 valence electrons. The Labute approximate surface area is 143 Å². The molecule has 1 aromatic rings. The van der Waals surface area contributed by atoms with E-state index in [0.717, 1.165) is 29.8 Å². The highest BCUT2D eigenvalue weighted by molar-refractivity contribution is 5.89. The fourth-order valence-corrected chi connectivity index (χ4v) is 4.99. The number of nitrogens with one attached hydrogen (secondary N) is 1. The van der Waals surface area contributed by atoms with Crippen molar-refractivity contribution in [2.24, 2.45) is 17.8 Å². The molecule has 0 radical (unpaired) electrons. The Hall–Kier alpha value is -2.15. The van der Waals surface area contributed by atoms with E-state index in [1.165, 1.54) is 32.1 Å². The van der Waals surface area contributed by atoms with Crippen molar-refractivity contribution in [3.05, 3.63) is 24.3 Å². The van der Waals surface area contributed by atoms with Gasteiger partial charge in [-0.25, -0.2) is 4.79 Å². The molecule has 4 fully saturated rings. The van der Waals surface area contributed by atoms with Crippen LogP contribution in [-0.2, 0) is 0 Å². The molecule has 2 amide bonds. The van der Waals surface area contributed by atoms with Crippen LogP contribution in [0.1, 0.15) is 32.1 Å². The highest BCUT2D eigenvalue weighted by Gasteiger charge is 2.44. The van der Waals surface area contributed by atoms with Crippen LogP contribution in [0.25, 0.3) is 0 Å². The molecule has 4 aliphatic rings. The van der Waals surface area contributed by atoms with Gasteiger partial charge in [0.1, 0.15) is 12.4 Å². The van der Waals surface area contributed by atoms with E-state index in [9.17, 15) is 4.79 Å². The molecule has 5 rings (SSSR count). The van der Waals surface area contributed by atoms with Crippen LogP contribution in [0.15, 0.2) is 24.3 Å². The first kappa shape index (κ1) is 15.4. The molecule has 2 unspecified atom stereocenters. The average molecular weight is 324 g/mol. The van der Waals surface area contributed by atoms with Crippen molar-refractivity contribution in [3.8, 4) is 18.1 Å². The minimum atomic E-state index is 0.0468. The van der Waals surface area contributed by atoms with Crippen molar-refractivity contribution in [3.63, 3.8) is 0 Å². The van der Waals surface area contributed by atoms with Crippen LogP contribution in [0, 0.1) is 30.1 Å². The molecule has 2 saturated heterocycles. The van der Waals surface area contributed by atoms with Crippen LogP contribution in [0.5, 0.6) is 5.75 Å². The molecule has 0 aromatic heterocycles. The fraction of sp³-hybridized carbons (Fsp3) is 0.550. The van der Waals surface area contributed by atoms with Gasteiger partial charge in [0.05, 0.1) is 0 Å². The summed E-state index contributed by atoms with van der Waals surface area (Å²) in [6.45, 7) is 1.18. The largest absolute Gasteiger partial charge is 0.481 e. The molecule has 2 atom stereocenters. The second kappa shape index (κ2) is 6.39. The number of carbonyl (C=O) groups is 1. The summed E-state index contributed by atoms with van der Waals surface area (Å²) in [6.07, 6.45) is 11.6. The van der Waals surface area contributed by atoms with E-state index in [2.05, 4.69) is 16.1 Å². The third-order valence-electron chi connectivity index (χ3n) is 5.80. The van der Waals surface area contributed by atoms with Gasteiger partial charge in [-0.2, -0.15) is 0 Å². The number of carbonyl (C=O) groups excluding carboxylic acids is 1. The second-order valence-corrected chi connectivity index (χ2v) is 7.53. The summed E-state index contributed by atoms with van der Waals surface area (Å²) in [6, 6.07) is 7.88. The van der Waals surface area contributed by atoms with Crippen molar-refractivity contribution in [2.75, 3.05) is 18.5 Å². The molecule has 0 spiro atoms. The third kappa shape index (κ3) is 3.08. The SMILES string of the molecule is C#CCOc1ccc(NC(=O)N2CC3CC4CC(C3)CC2C4)cc1. The Bertz CT molecular complexity index is 635. The molecule has 1 aromatic carbocycles. The molecule has 4 bridgehead atoms. The topological polar surface area (TPSA) is 41.6 Å². The first-order chi connectivity index (χ1) is 11.7. The Morgan fingerprint density at radius 1 is 1.12 bits per heavy atom. The summed E-state index contributed by atoms with van der Waals surface area (Å²) in [7, 11) is 0. The second-order valence-electron chi connectivity index (χ2n) is 7.53. The maximum absolute atomic E-state index is 12.8. The summed E-state index contributed by atoms with van der Waals surface area (Å²) in [5, 5.41) is 3.06. The number of nitrogens with zero attached hydrogens (tertiary/aromatic N) is 1. The first-order valence-corrected chi connectivity index (χ1v) is 8.95. The number of benzene rings is 1. The summed E-state index contributed by atoms with van der Waals surface area (Å²) in [5.74, 6) is 5.55. The van der Waals surface area contributed by atoms with E-state index in [0.29, 0.717) is 12.0 Å². The minimum absolute atomic E-state index is 0.0468. The van der Waals surface area contributed by atoms with Crippen LogP contribution < -0.4 is 10.1 Å². The van der Waals surface area contributed by atoms with Crippen LogP contribution in [0.4, 0.5) is 10.5 Å². The Balaban J connectivity index is 1.42. The molecule has 2 aliphatic carbocycles. The zero-order valence-electron chi connectivity index (χ0n) is 13.9. The number of hydrogen-bond acceptors (Lipinski definition) is 2. The van der Waals surface area contributed by atoms with E-state index in [4.69, 9.17) is 11.2 Å². The van der Waals surface area contributed by atoms with Crippen molar-refractivity contribution < 1.29 is 9.53 Å². The number of ether oxygens (including phenoxy) is 1. The van der Waals surface area contributed by atoms with Gasteiger partial charge in [0, 0.05) is 18.3 Å². The predicted molar refractivity (Wildman–Crippen MR) is 93.8 cm³/mol. The van der Waals surface area contributed by atoms with Crippen molar-refractivity contribution in [1.82, 2.24) is 4.90 Å². The maximum Gasteiger partial charge on any atom is 0.322 e. The predicted octanol–water partition coefficient (Wildman–Crippen LogP) is 3.74. The summed E-state index contributed by atoms with van der Waals surface area (Å²) >= 11 is 0. The molecule has 2 aliphatic heterocycles. The minimum Gasteiger partial charge on any atom is -0.481 e. The van der Waals surface area contributed by atoms with E-state index in [1.54, 1.807) is 0 Å². The zero-order valence-corrected chi connectivity index (χ0v) is 13.9. The Kier molecular flexibility index (Phi) is 4.10. The number of hydrogen-bond donors (Lipinski definition) is 1. The first-order valence-electron chi connectivity index (χ1n) is 8.95. The molecular weight excluding hydrogens is 300 g/mol. The lowest BCUT2D eigenvalue weighted by Crippen LogP contribution is -2.44. The molecule has 2 saturated carbocycles. The van der Waals surface area contributed by atoms with Crippen molar-refractivity contribution in [1.29, 1.82) is 0 Å². The smallest absolute Gasteiger partial charge is 0.322 e. The third-order valence-corrected chi connectivity index (χ3v) is 5.80. The van der Waals surface area contributed by atoms with Crippen LogP contribution in [0.2, 0.25) is 0 Å². The monoisotopic (exact) mass is 324 g/mol.